The van der Waals surface area contributed by atoms with Gasteiger partial charge in [0.25, 0.3) is 5.56 Å². The fraction of sp³-hybridized carbons (Fsp3) is 0.389. The minimum absolute atomic E-state index is 0.0984. The third-order valence-corrected chi connectivity index (χ3v) is 5.59. The molecule has 0 saturated carbocycles. The Morgan fingerprint density at radius 1 is 1.08 bits per heavy atom. The van der Waals surface area contributed by atoms with Crippen molar-refractivity contribution in [2.75, 3.05) is 23.3 Å². The molecule has 1 saturated heterocycles. The normalized spacial score (nSPS) is 20.1. The Labute approximate surface area is 159 Å². The maximum atomic E-state index is 12.8. The van der Waals surface area contributed by atoms with E-state index in [1.807, 2.05) is 24.3 Å². The monoisotopic (exact) mass is 450 g/mol. The Hall–Kier alpha value is -1.90. The van der Waals surface area contributed by atoms with Crippen LogP contribution in [-0.2, 0) is 4.79 Å². The lowest BCUT2D eigenvalue weighted by atomic mass is 9.87. The Morgan fingerprint density at radius 2 is 1.80 bits per heavy atom. The summed E-state index contributed by atoms with van der Waals surface area (Å²) in [7, 11) is 0. The average Bonchev–Trinajstić information content (AvgIpc) is 2.62. The lowest BCUT2D eigenvalue weighted by Crippen LogP contribution is -2.36. The molecule has 25 heavy (non-hydrogen) atoms. The molecular formula is C18H19IN4O2. The van der Waals surface area contributed by atoms with Gasteiger partial charge in [-0.3, -0.25) is 14.6 Å². The van der Waals surface area contributed by atoms with Gasteiger partial charge in [0.05, 0.1) is 5.56 Å². The van der Waals surface area contributed by atoms with E-state index < -0.39 is 0 Å². The molecule has 0 bridgehead atoms. The number of aromatic amines is 1. The van der Waals surface area contributed by atoms with Gasteiger partial charge >= 0.3 is 0 Å². The summed E-state index contributed by atoms with van der Waals surface area (Å²) in [6, 6.07) is 7.94. The van der Waals surface area contributed by atoms with Gasteiger partial charge in [-0.1, -0.05) is 12.1 Å². The first-order valence-electron chi connectivity index (χ1n) is 8.56. The van der Waals surface area contributed by atoms with Gasteiger partial charge in [0.15, 0.2) is 0 Å². The third-order valence-electron chi connectivity index (χ3n) is 4.87. The summed E-state index contributed by atoms with van der Waals surface area (Å²) in [6.45, 7) is 1.77. The number of rotatable bonds is 2. The molecule has 2 aliphatic heterocycles. The van der Waals surface area contributed by atoms with Crippen LogP contribution in [0, 0.1) is 3.57 Å². The van der Waals surface area contributed by atoms with Crippen LogP contribution in [0.25, 0.3) is 0 Å². The van der Waals surface area contributed by atoms with Crippen LogP contribution >= 0.6 is 22.6 Å². The number of nitrogens with one attached hydrogen (secondary N) is 2. The van der Waals surface area contributed by atoms with Crippen LogP contribution < -0.4 is 15.8 Å². The Morgan fingerprint density at radius 3 is 2.52 bits per heavy atom. The van der Waals surface area contributed by atoms with Crippen LogP contribution in [0.2, 0.25) is 0 Å². The summed E-state index contributed by atoms with van der Waals surface area (Å²) in [6.07, 6.45) is 3.66. The highest BCUT2D eigenvalue weighted by Crippen LogP contribution is 2.34. The molecule has 4 rings (SSSR count). The van der Waals surface area contributed by atoms with Crippen molar-refractivity contribution in [1.29, 1.82) is 0 Å². The second-order valence-electron chi connectivity index (χ2n) is 6.56. The van der Waals surface area contributed by atoms with Crippen molar-refractivity contribution < 1.29 is 4.79 Å². The molecule has 2 N–H and O–H groups in total. The van der Waals surface area contributed by atoms with Crippen molar-refractivity contribution in [3.05, 3.63) is 49.3 Å². The van der Waals surface area contributed by atoms with Gasteiger partial charge in [0.1, 0.15) is 5.82 Å². The molecule has 3 heterocycles. The molecular weight excluding hydrogens is 431 g/mol. The van der Waals surface area contributed by atoms with Gasteiger partial charge in [-0.25, -0.2) is 0 Å². The average molecular weight is 450 g/mol. The quantitative estimate of drug-likeness (QED) is 0.690. The lowest BCUT2D eigenvalue weighted by Gasteiger charge is -2.29. The number of benzene rings is 1. The summed E-state index contributed by atoms with van der Waals surface area (Å²) >= 11 is 2.24. The van der Waals surface area contributed by atoms with E-state index in [-0.39, 0.29) is 23.8 Å². The van der Waals surface area contributed by atoms with E-state index in [2.05, 4.69) is 42.8 Å². The molecule has 1 fully saturated rings. The fourth-order valence-corrected chi connectivity index (χ4v) is 3.95. The van der Waals surface area contributed by atoms with Gasteiger partial charge in [-0.05, 0) is 59.5 Å². The van der Waals surface area contributed by atoms with E-state index in [0.717, 1.165) is 35.1 Å². The van der Waals surface area contributed by atoms with Crippen molar-refractivity contribution in [3.8, 4) is 0 Å². The number of aromatic nitrogens is 2. The van der Waals surface area contributed by atoms with Crippen LogP contribution in [0.1, 0.15) is 42.7 Å². The summed E-state index contributed by atoms with van der Waals surface area (Å²) in [5.41, 5.74) is 1.37. The molecule has 0 aliphatic carbocycles. The van der Waals surface area contributed by atoms with Gasteiger partial charge in [0.2, 0.25) is 11.9 Å². The van der Waals surface area contributed by atoms with Gasteiger partial charge in [-0.2, -0.15) is 4.98 Å². The number of carbonyl (C=O) groups is 1. The van der Waals surface area contributed by atoms with E-state index in [4.69, 9.17) is 0 Å². The zero-order valence-corrected chi connectivity index (χ0v) is 15.9. The molecule has 7 heteroatoms. The molecule has 130 valence electrons. The van der Waals surface area contributed by atoms with Crippen LogP contribution in [0.5, 0.6) is 0 Å². The van der Waals surface area contributed by atoms with Crippen molar-refractivity contribution >= 4 is 40.3 Å². The number of piperidine rings is 1. The lowest BCUT2D eigenvalue weighted by molar-refractivity contribution is -0.116. The van der Waals surface area contributed by atoms with E-state index in [9.17, 15) is 9.59 Å². The molecule has 1 amide bonds. The maximum absolute atomic E-state index is 12.8. The molecule has 1 aromatic carbocycles. The summed E-state index contributed by atoms with van der Waals surface area (Å²) in [5.74, 6) is 0.613. The highest BCUT2D eigenvalue weighted by Gasteiger charge is 2.31. The first kappa shape index (κ1) is 16.6. The van der Waals surface area contributed by atoms with Crippen molar-refractivity contribution in [2.45, 2.75) is 31.6 Å². The number of fused-ring (bicyclic) bond motifs is 1. The highest BCUT2D eigenvalue weighted by molar-refractivity contribution is 14.1. The first-order valence-corrected chi connectivity index (χ1v) is 9.64. The number of carbonyl (C=O) groups excluding carboxylic acids is 1. The smallest absolute Gasteiger partial charge is 0.258 e. The second kappa shape index (κ2) is 6.78. The van der Waals surface area contributed by atoms with Crippen molar-refractivity contribution in [2.24, 2.45) is 0 Å². The molecule has 0 radical (unpaired) electrons. The van der Waals surface area contributed by atoms with E-state index in [1.54, 1.807) is 0 Å². The molecule has 1 atom stereocenters. The minimum Gasteiger partial charge on any atom is -0.342 e. The number of hydrogen-bond donors (Lipinski definition) is 2. The number of H-pyrrole nitrogens is 1. The molecule has 0 spiro atoms. The zero-order valence-electron chi connectivity index (χ0n) is 13.7. The Balaban J connectivity index is 1.77. The molecule has 6 nitrogen and oxygen atoms in total. The Kier molecular flexibility index (Phi) is 4.49. The summed E-state index contributed by atoms with van der Waals surface area (Å²) < 4.78 is 1.12. The first-order chi connectivity index (χ1) is 12.1. The number of halogens is 1. The standard InChI is InChI=1S/C18H19IN4O2/c19-12-6-4-11(5-7-12)13-10-14(24)20-16-15(13)17(25)22-18(21-16)23-8-2-1-3-9-23/h4-7,13H,1-3,8-10H2,(H2,20,21,22,24,25). The Bertz CT molecular complexity index is 856. The van der Waals surface area contributed by atoms with Gasteiger partial charge in [0, 0.05) is 29.0 Å². The minimum atomic E-state index is -0.257. The van der Waals surface area contributed by atoms with Crippen LogP contribution in [0.15, 0.2) is 29.1 Å². The SMILES string of the molecule is O=C1CC(c2ccc(I)cc2)c2c(nc(N3CCCCC3)[nH]c2=O)N1. The van der Waals surface area contributed by atoms with Crippen molar-refractivity contribution in [1.82, 2.24) is 9.97 Å². The number of nitrogens with zero attached hydrogens (tertiary/aromatic N) is 2. The number of hydrogen-bond acceptors (Lipinski definition) is 4. The van der Waals surface area contributed by atoms with E-state index in [0.29, 0.717) is 17.3 Å². The summed E-state index contributed by atoms with van der Waals surface area (Å²) in [4.78, 5) is 34.6. The topological polar surface area (TPSA) is 78.1 Å². The molecule has 1 aromatic heterocycles. The highest BCUT2D eigenvalue weighted by atomic mass is 127. The van der Waals surface area contributed by atoms with Crippen LogP contribution in [0.3, 0.4) is 0 Å². The largest absolute Gasteiger partial charge is 0.342 e. The predicted octanol–water partition coefficient (Wildman–Crippen LogP) is 2.84. The van der Waals surface area contributed by atoms with Crippen molar-refractivity contribution in [3.63, 3.8) is 0 Å². The fourth-order valence-electron chi connectivity index (χ4n) is 3.59. The zero-order chi connectivity index (χ0) is 17.4. The number of anilines is 2. The van der Waals surface area contributed by atoms with Gasteiger partial charge < -0.3 is 10.2 Å². The predicted molar refractivity (Wildman–Crippen MR) is 105 cm³/mol. The van der Waals surface area contributed by atoms with Gasteiger partial charge in [-0.15, -0.1) is 0 Å². The molecule has 2 aliphatic rings. The van der Waals surface area contributed by atoms with Crippen LogP contribution in [0.4, 0.5) is 11.8 Å². The third kappa shape index (κ3) is 3.29. The van der Waals surface area contributed by atoms with E-state index >= 15 is 0 Å². The molecule has 1 unspecified atom stereocenters. The summed E-state index contributed by atoms with van der Waals surface area (Å²) in [5, 5.41) is 2.79. The second-order valence-corrected chi connectivity index (χ2v) is 7.80. The number of amides is 1. The van der Waals surface area contributed by atoms with Crippen LogP contribution in [-0.4, -0.2) is 29.0 Å². The van der Waals surface area contributed by atoms with E-state index in [1.165, 1.54) is 6.42 Å². The maximum Gasteiger partial charge on any atom is 0.258 e. The molecule has 2 aromatic rings.